The van der Waals surface area contributed by atoms with Gasteiger partial charge in [-0.3, -0.25) is 0 Å². The van der Waals surface area contributed by atoms with Crippen molar-refractivity contribution < 1.29 is 14.2 Å². The van der Waals surface area contributed by atoms with E-state index in [0.717, 1.165) is 51.2 Å². The lowest BCUT2D eigenvalue weighted by molar-refractivity contribution is -0.179. The molecule has 0 bridgehead atoms. The van der Waals surface area contributed by atoms with Gasteiger partial charge in [-0.2, -0.15) is 0 Å². The monoisotopic (exact) mass is 277 g/mol. The Hall–Kier alpha value is -1.10. The van der Waals surface area contributed by atoms with Crippen molar-refractivity contribution in [2.45, 2.75) is 37.5 Å². The Morgan fingerprint density at radius 1 is 1.10 bits per heavy atom. The van der Waals surface area contributed by atoms with Crippen LogP contribution in [0.15, 0.2) is 30.3 Å². The molecule has 2 aliphatic rings. The first kappa shape index (κ1) is 13.9. The van der Waals surface area contributed by atoms with Crippen molar-refractivity contribution in [2.24, 2.45) is 0 Å². The fourth-order valence-corrected chi connectivity index (χ4v) is 3.00. The highest BCUT2D eigenvalue weighted by atomic mass is 16.7. The summed E-state index contributed by atoms with van der Waals surface area (Å²) in [6.45, 7) is 3.10. The van der Waals surface area contributed by atoms with Crippen molar-refractivity contribution in [1.29, 1.82) is 0 Å². The number of nitrogens with one attached hydrogen (secondary N) is 1. The molecular formula is C16H23NO3. The molecule has 20 heavy (non-hydrogen) atoms. The maximum Gasteiger partial charge on any atom is 0.168 e. The van der Waals surface area contributed by atoms with Gasteiger partial charge in [0, 0.05) is 25.4 Å². The molecule has 4 heteroatoms. The van der Waals surface area contributed by atoms with Crippen molar-refractivity contribution in [3.05, 3.63) is 30.3 Å². The highest BCUT2D eigenvalue weighted by molar-refractivity contribution is 5.20. The number of hydrogen-bond donors (Lipinski definition) is 1. The van der Waals surface area contributed by atoms with E-state index in [1.165, 1.54) is 0 Å². The van der Waals surface area contributed by atoms with E-state index in [2.05, 4.69) is 5.32 Å². The van der Waals surface area contributed by atoms with Crippen LogP contribution in [0.25, 0.3) is 0 Å². The summed E-state index contributed by atoms with van der Waals surface area (Å²) in [5.41, 5.74) is 0. The van der Waals surface area contributed by atoms with Gasteiger partial charge in [0.1, 0.15) is 12.4 Å². The van der Waals surface area contributed by atoms with E-state index in [1.54, 1.807) is 0 Å². The Morgan fingerprint density at radius 3 is 2.50 bits per heavy atom. The molecule has 1 aliphatic carbocycles. The largest absolute Gasteiger partial charge is 0.492 e. The summed E-state index contributed by atoms with van der Waals surface area (Å²) in [7, 11) is 0. The van der Waals surface area contributed by atoms with Crippen LogP contribution >= 0.6 is 0 Å². The molecule has 0 radical (unpaired) electrons. The molecular weight excluding hydrogens is 254 g/mol. The van der Waals surface area contributed by atoms with Gasteiger partial charge in [0.05, 0.1) is 13.2 Å². The van der Waals surface area contributed by atoms with Crippen LogP contribution in [0.1, 0.15) is 25.7 Å². The molecule has 1 N–H and O–H groups in total. The van der Waals surface area contributed by atoms with Crippen molar-refractivity contribution in [3.8, 4) is 5.75 Å². The van der Waals surface area contributed by atoms with Gasteiger partial charge in [0.15, 0.2) is 5.79 Å². The highest BCUT2D eigenvalue weighted by Gasteiger charge is 2.39. The SMILES string of the molecule is c1ccc(OCCNC2CCC3(CC2)OCCO3)cc1. The molecule has 1 saturated carbocycles. The van der Waals surface area contributed by atoms with Gasteiger partial charge in [-0.05, 0) is 25.0 Å². The summed E-state index contributed by atoms with van der Waals surface area (Å²) >= 11 is 0. The summed E-state index contributed by atoms with van der Waals surface area (Å²) in [6.07, 6.45) is 4.24. The fourth-order valence-electron chi connectivity index (χ4n) is 3.00. The second-order valence-electron chi connectivity index (χ2n) is 5.50. The van der Waals surface area contributed by atoms with Gasteiger partial charge in [0.25, 0.3) is 0 Å². The maximum absolute atomic E-state index is 5.74. The lowest BCUT2D eigenvalue weighted by atomic mass is 9.90. The van der Waals surface area contributed by atoms with Gasteiger partial charge in [-0.15, -0.1) is 0 Å². The normalized spacial score (nSPS) is 22.2. The van der Waals surface area contributed by atoms with Crippen LogP contribution in [-0.2, 0) is 9.47 Å². The third kappa shape index (κ3) is 3.51. The molecule has 1 aromatic carbocycles. The minimum absolute atomic E-state index is 0.251. The molecule has 3 rings (SSSR count). The van der Waals surface area contributed by atoms with Gasteiger partial charge >= 0.3 is 0 Å². The standard InChI is InChI=1S/C16H23NO3/c1-2-4-15(5-3-1)18-11-10-17-14-6-8-16(9-7-14)19-12-13-20-16/h1-5,14,17H,6-13H2. The Kier molecular flexibility index (Phi) is 4.55. The van der Waals surface area contributed by atoms with E-state index < -0.39 is 0 Å². The smallest absolute Gasteiger partial charge is 0.168 e. The molecule has 110 valence electrons. The van der Waals surface area contributed by atoms with Crippen molar-refractivity contribution in [1.82, 2.24) is 5.32 Å². The van der Waals surface area contributed by atoms with E-state index in [-0.39, 0.29) is 5.79 Å². The van der Waals surface area contributed by atoms with Crippen LogP contribution in [0.4, 0.5) is 0 Å². The first-order chi connectivity index (χ1) is 9.86. The summed E-state index contributed by atoms with van der Waals surface area (Å²) in [5, 5.41) is 3.56. The van der Waals surface area contributed by atoms with E-state index in [0.29, 0.717) is 12.6 Å². The molecule has 0 atom stereocenters. The predicted octanol–water partition coefficient (Wildman–Crippen LogP) is 2.34. The molecule has 1 spiro atoms. The maximum atomic E-state index is 5.74. The number of hydrogen-bond acceptors (Lipinski definition) is 4. The topological polar surface area (TPSA) is 39.7 Å². The zero-order valence-corrected chi connectivity index (χ0v) is 11.8. The summed E-state index contributed by atoms with van der Waals surface area (Å²) < 4.78 is 17.2. The molecule has 1 aromatic rings. The Morgan fingerprint density at radius 2 is 1.80 bits per heavy atom. The molecule has 0 aromatic heterocycles. The third-order valence-electron chi connectivity index (χ3n) is 4.11. The Balaban J connectivity index is 1.32. The molecule has 1 saturated heterocycles. The van der Waals surface area contributed by atoms with Crippen LogP contribution < -0.4 is 10.1 Å². The van der Waals surface area contributed by atoms with Crippen LogP contribution in [0, 0.1) is 0 Å². The summed E-state index contributed by atoms with van der Waals surface area (Å²) in [5.74, 6) is 0.684. The molecule has 1 heterocycles. The van der Waals surface area contributed by atoms with Crippen LogP contribution in [0.2, 0.25) is 0 Å². The van der Waals surface area contributed by atoms with Gasteiger partial charge in [-0.1, -0.05) is 18.2 Å². The first-order valence-corrected chi connectivity index (χ1v) is 7.55. The van der Waals surface area contributed by atoms with E-state index in [4.69, 9.17) is 14.2 Å². The minimum atomic E-state index is -0.251. The molecule has 4 nitrogen and oxygen atoms in total. The van der Waals surface area contributed by atoms with E-state index in [1.807, 2.05) is 30.3 Å². The Labute approximate surface area is 120 Å². The minimum Gasteiger partial charge on any atom is -0.492 e. The van der Waals surface area contributed by atoms with E-state index in [9.17, 15) is 0 Å². The number of rotatable bonds is 5. The average Bonchev–Trinajstić information content (AvgIpc) is 2.95. The summed E-state index contributed by atoms with van der Waals surface area (Å²) in [6, 6.07) is 10.5. The van der Waals surface area contributed by atoms with Crippen LogP contribution in [0.5, 0.6) is 5.75 Å². The quantitative estimate of drug-likeness (QED) is 0.839. The molecule has 2 fully saturated rings. The molecule has 0 amide bonds. The van der Waals surface area contributed by atoms with Crippen molar-refractivity contribution in [3.63, 3.8) is 0 Å². The molecule has 0 unspecified atom stereocenters. The van der Waals surface area contributed by atoms with Crippen LogP contribution in [-0.4, -0.2) is 38.2 Å². The molecule has 1 aliphatic heterocycles. The van der Waals surface area contributed by atoms with Crippen LogP contribution in [0.3, 0.4) is 0 Å². The summed E-state index contributed by atoms with van der Waals surface area (Å²) in [4.78, 5) is 0. The number of benzene rings is 1. The predicted molar refractivity (Wildman–Crippen MR) is 76.8 cm³/mol. The van der Waals surface area contributed by atoms with Gasteiger partial charge < -0.3 is 19.5 Å². The van der Waals surface area contributed by atoms with Gasteiger partial charge in [-0.25, -0.2) is 0 Å². The van der Waals surface area contributed by atoms with Crippen molar-refractivity contribution in [2.75, 3.05) is 26.4 Å². The number of ether oxygens (including phenoxy) is 3. The van der Waals surface area contributed by atoms with E-state index >= 15 is 0 Å². The van der Waals surface area contributed by atoms with Crippen molar-refractivity contribution >= 4 is 0 Å². The van der Waals surface area contributed by atoms with Gasteiger partial charge in [0.2, 0.25) is 0 Å². The number of para-hydroxylation sites is 1. The second-order valence-corrected chi connectivity index (χ2v) is 5.50. The zero-order chi connectivity index (χ0) is 13.7. The first-order valence-electron chi connectivity index (χ1n) is 7.55. The fraction of sp³-hybridized carbons (Fsp3) is 0.625. The zero-order valence-electron chi connectivity index (χ0n) is 11.8. The second kappa shape index (κ2) is 6.57. The lowest BCUT2D eigenvalue weighted by Crippen LogP contribution is -2.43. The Bertz CT molecular complexity index is 393. The third-order valence-corrected chi connectivity index (χ3v) is 4.11. The lowest BCUT2D eigenvalue weighted by Gasteiger charge is -2.35. The highest BCUT2D eigenvalue weighted by Crippen LogP contribution is 2.35. The average molecular weight is 277 g/mol.